The lowest BCUT2D eigenvalue weighted by Crippen LogP contribution is -1.82. The van der Waals surface area contributed by atoms with Gasteiger partial charge >= 0.3 is 0 Å². The van der Waals surface area contributed by atoms with Gasteiger partial charge in [0.05, 0.1) is 0 Å². The van der Waals surface area contributed by atoms with E-state index in [2.05, 4.69) is 16.0 Å². The average Bonchev–Trinajstić information content (AvgIpc) is 2.74. The van der Waals surface area contributed by atoms with Gasteiger partial charge in [0.2, 0.25) is 0 Å². The molecule has 0 radical (unpaired) electrons. The fourth-order valence-electron chi connectivity index (χ4n) is 2.34. The number of phenols is 1. The monoisotopic (exact) mass is 264 g/mol. The summed E-state index contributed by atoms with van der Waals surface area (Å²) in [4.78, 5) is 7.74. The fourth-order valence-corrected chi connectivity index (χ4v) is 2.34. The standard InChI is InChI=1S/C17H16N2O/c1-11-7-8-16(17(20)9-11)18-10-14-12(2)19-15-6-4-3-5-13(14)15/h3-10,19-20H,1-2H3. The minimum Gasteiger partial charge on any atom is -0.506 e. The average molecular weight is 264 g/mol. The molecule has 1 heterocycles. The fraction of sp³-hybridized carbons (Fsp3) is 0.118. The second-order valence-corrected chi connectivity index (χ2v) is 4.96. The predicted molar refractivity (Wildman–Crippen MR) is 83.1 cm³/mol. The Morgan fingerprint density at radius 3 is 2.70 bits per heavy atom. The maximum Gasteiger partial charge on any atom is 0.141 e. The normalized spacial score (nSPS) is 11.5. The number of hydrogen-bond acceptors (Lipinski definition) is 2. The van der Waals surface area contributed by atoms with Gasteiger partial charge in [-0.3, -0.25) is 4.99 Å². The van der Waals surface area contributed by atoms with Crippen molar-refractivity contribution in [1.82, 2.24) is 4.98 Å². The Kier molecular flexibility index (Phi) is 3.03. The number of nitrogens with one attached hydrogen (secondary N) is 1. The molecule has 0 aliphatic carbocycles. The molecule has 1 aromatic heterocycles. The Balaban J connectivity index is 2.04. The topological polar surface area (TPSA) is 48.4 Å². The van der Waals surface area contributed by atoms with E-state index in [-0.39, 0.29) is 5.75 Å². The predicted octanol–water partition coefficient (Wildman–Crippen LogP) is 4.24. The van der Waals surface area contributed by atoms with Crippen LogP contribution in [0, 0.1) is 13.8 Å². The van der Waals surface area contributed by atoms with Gasteiger partial charge in [0.15, 0.2) is 0 Å². The van der Waals surface area contributed by atoms with E-state index in [0.29, 0.717) is 5.69 Å². The van der Waals surface area contributed by atoms with Gasteiger partial charge in [-0.25, -0.2) is 0 Å². The van der Waals surface area contributed by atoms with Crippen LogP contribution in [0.15, 0.2) is 47.5 Å². The molecule has 2 aromatic carbocycles. The molecule has 0 saturated carbocycles. The molecule has 0 aliphatic rings. The van der Waals surface area contributed by atoms with E-state index in [1.165, 1.54) is 0 Å². The lowest BCUT2D eigenvalue weighted by Gasteiger charge is -2.00. The molecule has 20 heavy (non-hydrogen) atoms. The summed E-state index contributed by atoms with van der Waals surface area (Å²) in [7, 11) is 0. The molecule has 0 unspecified atom stereocenters. The van der Waals surface area contributed by atoms with Crippen LogP contribution in [0.2, 0.25) is 0 Å². The van der Waals surface area contributed by atoms with Gasteiger partial charge in [0, 0.05) is 28.4 Å². The minimum atomic E-state index is 0.207. The summed E-state index contributed by atoms with van der Waals surface area (Å²) in [6, 6.07) is 13.6. The largest absolute Gasteiger partial charge is 0.506 e. The van der Waals surface area contributed by atoms with Crippen LogP contribution in [0.4, 0.5) is 5.69 Å². The van der Waals surface area contributed by atoms with E-state index in [9.17, 15) is 5.11 Å². The molecule has 2 N–H and O–H groups in total. The van der Waals surface area contributed by atoms with Crippen molar-refractivity contribution >= 4 is 22.8 Å². The van der Waals surface area contributed by atoms with Crippen LogP contribution in [0.1, 0.15) is 16.8 Å². The van der Waals surface area contributed by atoms with Gasteiger partial charge in [0.25, 0.3) is 0 Å². The number of aromatic nitrogens is 1. The number of para-hydroxylation sites is 1. The number of aromatic hydroxyl groups is 1. The highest BCUT2D eigenvalue weighted by Gasteiger charge is 2.05. The molecule has 0 fully saturated rings. The van der Waals surface area contributed by atoms with Gasteiger partial charge in [-0.05, 0) is 37.6 Å². The number of phenolic OH excluding ortho intramolecular Hbond substituents is 1. The van der Waals surface area contributed by atoms with Crippen molar-refractivity contribution in [3.8, 4) is 5.75 Å². The van der Waals surface area contributed by atoms with Crippen LogP contribution in [-0.2, 0) is 0 Å². The molecule has 0 spiro atoms. The summed E-state index contributed by atoms with van der Waals surface area (Å²) in [5.41, 5.74) is 4.83. The van der Waals surface area contributed by atoms with Crippen LogP contribution < -0.4 is 0 Å². The van der Waals surface area contributed by atoms with Gasteiger partial charge < -0.3 is 10.1 Å². The van der Waals surface area contributed by atoms with Crippen molar-refractivity contribution in [2.24, 2.45) is 4.99 Å². The first-order valence-corrected chi connectivity index (χ1v) is 6.56. The number of aromatic amines is 1. The third kappa shape index (κ3) is 2.18. The quantitative estimate of drug-likeness (QED) is 0.668. The Labute approximate surface area is 117 Å². The molecule has 100 valence electrons. The van der Waals surface area contributed by atoms with Crippen LogP contribution >= 0.6 is 0 Å². The molecule has 3 rings (SSSR count). The Bertz CT molecular complexity index is 800. The van der Waals surface area contributed by atoms with E-state index in [0.717, 1.165) is 27.7 Å². The molecular formula is C17H16N2O. The Morgan fingerprint density at radius 1 is 1.10 bits per heavy atom. The highest BCUT2D eigenvalue weighted by atomic mass is 16.3. The third-order valence-electron chi connectivity index (χ3n) is 3.41. The molecule has 3 heteroatoms. The number of aryl methyl sites for hydroxylation is 2. The second kappa shape index (κ2) is 4.85. The molecule has 0 aliphatic heterocycles. The summed E-state index contributed by atoms with van der Waals surface area (Å²) >= 11 is 0. The molecule has 0 saturated heterocycles. The molecule has 3 aromatic rings. The zero-order chi connectivity index (χ0) is 14.1. The lowest BCUT2D eigenvalue weighted by atomic mass is 10.1. The maximum absolute atomic E-state index is 9.88. The van der Waals surface area contributed by atoms with Crippen LogP contribution in [0.3, 0.4) is 0 Å². The highest BCUT2D eigenvalue weighted by molar-refractivity contribution is 6.01. The summed E-state index contributed by atoms with van der Waals surface area (Å²) in [5, 5.41) is 11.0. The number of nitrogens with zero attached hydrogens (tertiary/aromatic N) is 1. The number of H-pyrrole nitrogens is 1. The summed E-state index contributed by atoms with van der Waals surface area (Å²) in [6.45, 7) is 3.97. The van der Waals surface area contributed by atoms with Crippen molar-refractivity contribution in [1.29, 1.82) is 0 Å². The van der Waals surface area contributed by atoms with E-state index in [4.69, 9.17) is 0 Å². The number of aliphatic imine (C=N–C) groups is 1. The smallest absolute Gasteiger partial charge is 0.141 e. The third-order valence-corrected chi connectivity index (χ3v) is 3.41. The van der Waals surface area contributed by atoms with Gasteiger partial charge in [-0.1, -0.05) is 24.3 Å². The summed E-state index contributed by atoms with van der Waals surface area (Å²) in [6.07, 6.45) is 1.80. The van der Waals surface area contributed by atoms with Gasteiger partial charge in [0.1, 0.15) is 11.4 Å². The van der Waals surface area contributed by atoms with Crippen molar-refractivity contribution in [2.45, 2.75) is 13.8 Å². The van der Waals surface area contributed by atoms with Crippen molar-refractivity contribution in [2.75, 3.05) is 0 Å². The van der Waals surface area contributed by atoms with E-state index < -0.39 is 0 Å². The van der Waals surface area contributed by atoms with Crippen molar-refractivity contribution in [3.05, 3.63) is 59.3 Å². The number of fused-ring (bicyclic) bond motifs is 1. The molecular weight excluding hydrogens is 248 g/mol. The van der Waals surface area contributed by atoms with Crippen molar-refractivity contribution in [3.63, 3.8) is 0 Å². The summed E-state index contributed by atoms with van der Waals surface area (Å²) < 4.78 is 0. The van der Waals surface area contributed by atoms with E-state index >= 15 is 0 Å². The highest BCUT2D eigenvalue weighted by Crippen LogP contribution is 2.27. The molecule has 0 bridgehead atoms. The van der Waals surface area contributed by atoms with Gasteiger partial charge in [-0.15, -0.1) is 0 Å². The van der Waals surface area contributed by atoms with E-state index in [1.807, 2.05) is 44.2 Å². The van der Waals surface area contributed by atoms with Crippen LogP contribution in [0.5, 0.6) is 5.75 Å². The zero-order valence-electron chi connectivity index (χ0n) is 11.5. The van der Waals surface area contributed by atoms with Crippen LogP contribution in [-0.4, -0.2) is 16.3 Å². The lowest BCUT2D eigenvalue weighted by molar-refractivity contribution is 0.476. The first kappa shape index (κ1) is 12.5. The minimum absolute atomic E-state index is 0.207. The molecule has 0 atom stereocenters. The van der Waals surface area contributed by atoms with Crippen molar-refractivity contribution < 1.29 is 5.11 Å². The number of rotatable bonds is 2. The maximum atomic E-state index is 9.88. The number of hydrogen-bond donors (Lipinski definition) is 2. The zero-order valence-corrected chi connectivity index (χ0v) is 11.5. The number of benzene rings is 2. The van der Waals surface area contributed by atoms with Crippen LogP contribution in [0.25, 0.3) is 10.9 Å². The molecule has 3 nitrogen and oxygen atoms in total. The SMILES string of the molecule is Cc1ccc(N=Cc2c(C)[nH]c3ccccc23)c(O)c1. The first-order chi connectivity index (χ1) is 9.65. The Morgan fingerprint density at radius 2 is 1.90 bits per heavy atom. The summed E-state index contributed by atoms with van der Waals surface area (Å²) in [5.74, 6) is 0.207. The van der Waals surface area contributed by atoms with E-state index in [1.54, 1.807) is 12.3 Å². The molecule has 0 amide bonds. The van der Waals surface area contributed by atoms with Gasteiger partial charge in [-0.2, -0.15) is 0 Å². The Hall–Kier alpha value is -2.55. The second-order valence-electron chi connectivity index (χ2n) is 4.96. The first-order valence-electron chi connectivity index (χ1n) is 6.56.